The monoisotopic (exact) mass is 314 g/mol. The van der Waals surface area contributed by atoms with Crippen molar-refractivity contribution in [3.63, 3.8) is 0 Å². The van der Waals surface area contributed by atoms with Crippen molar-refractivity contribution in [2.45, 2.75) is 12.2 Å². The van der Waals surface area contributed by atoms with E-state index in [0.29, 0.717) is 23.5 Å². The lowest BCUT2D eigenvalue weighted by Crippen LogP contribution is -2.44. The molecule has 0 spiro atoms. The van der Waals surface area contributed by atoms with E-state index in [1.165, 1.54) is 14.2 Å². The van der Waals surface area contributed by atoms with E-state index in [4.69, 9.17) is 18.9 Å². The molecule has 5 heteroatoms. The molecule has 2 aromatic carbocycles. The highest BCUT2D eigenvalue weighted by atomic mass is 16.7. The molecule has 1 atom stereocenters. The molecule has 1 aliphatic heterocycles. The van der Waals surface area contributed by atoms with Gasteiger partial charge < -0.3 is 18.9 Å². The number of hydrogen-bond acceptors (Lipinski definition) is 5. The Bertz CT molecular complexity index is 723. The quantitative estimate of drug-likeness (QED) is 0.849. The van der Waals surface area contributed by atoms with Crippen molar-refractivity contribution in [3.8, 4) is 17.2 Å². The Hall–Kier alpha value is -2.53. The number of Topliss-reactive ketones (excluding diaryl/α,β-unsaturated/α-hetero) is 1. The van der Waals surface area contributed by atoms with Crippen LogP contribution in [-0.2, 0) is 11.2 Å². The van der Waals surface area contributed by atoms with E-state index in [0.717, 1.165) is 11.3 Å². The summed E-state index contributed by atoms with van der Waals surface area (Å²) < 4.78 is 21.8. The predicted octanol–water partition coefficient (Wildman–Crippen LogP) is 2.86. The molecular weight excluding hydrogens is 296 g/mol. The number of carbonyl (C=O) groups is 1. The van der Waals surface area contributed by atoms with Gasteiger partial charge in [0, 0.05) is 13.5 Å². The topological polar surface area (TPSA) is 54.0 Å². The summed E-state index contributed by atoms with van der Waals surface area (Å²) >= 11 is 0. The fourth-order valence-corrected chi connectivity index (χ4v) is 2.74. The highest BCUT2D eigenvalue weighted by molar-refractivity contribution is 6.08. The maximum Gasteiger partial charge on any atom is 0.279 e. The van der Waals surface area contributed by atoms with Crippen LogP contribution in [0.25, 0.3) is 0 Å². The molecule has 1 heterocycles. The standard InChI is InChI=1S/C18H18O5/c1-20-13-9-7-12(8-10-13)11-18(22-3)17(19)16-14(21-2)5-4-6-15(16)23-18/h4-10H,11H2,1-3H3. The molecule has 2 aromatic rings. The molecule has 0 aliphatic carbocycles. The van der Waals surface area contributed by atoms with Crippen molar-refractivity contribution >= 4 is 5.78 Å². The molecule has 0 amide bonds. The number of benzene rings is 2. The number of hydrogen-bond donors (Lipinski definition) is 0. The van der Waals surface area contributed by atoms with Gasteiger partial charge in [0.05, 0.1) is 14.2 Å². The molecule has 0 radical (unpaired) electrons. The molecule has 0 N–H and O–H groups in total. The van der Waals surface area contributed by atoms with Crippen molar-refractivity contribution in [1.29, 1.82) is 0 Å². The number of ether oxygens (including phenoxy) is 4. The summed E-state index contributed by atoms with van der Waals surface area (Å²) in [6, 6.07) is 12.7. The van der Waals surface area contributed by atoms with Gasteiger partial charge in [-0.3, -0.25) is 4.79 Å². The van der Waals surface area contributed by atoms with E-state index in [1.807, 2.05) is 24.3 Å². The zero-order valence-corrected chi connectivity index (χ0v) is 13.3. The van der Waals surface area contributed by atoms with Crippen molar-refractivity contribution in [3.05, 3.63) is 53.6 Å². The first kappa shape index (κ1) is 15.4. The molecule has 0 fully saturated rings. The maximum absolute atomic E-state index is 12.9. The Morgan fingerprint density at radius 2 is 1.74 bits per heavy atom. The summed E-state index contributed by atoms with van der Waals surface area (Å²) in [4.78, 5) is 12.9. The van der Waals surface area contributed by atoms with Gasteiger partial charge in [-0.15, -0.1) is 0 Å². The van der Waals surface area contributed by atoms with Gasteiger partial charge in [-0.25, -0.2) is 0 Å². The molecule has 120 valence electrons. The lowest BCUT2D eigenvalue weighted by atomic mass is 9.98. The molecule has 0 saturated heterocycles. The largest absolute Gasteiger partial charge is 0.497 e. The van der Waals surface area contributed by atoms with Gasteiger partial charge in [0.1, 0.15) is 22.8 Å². The molecule has 0 saturated carbocycles. The third kappa shape index (κ3) is 2.53. The van der Waals surface area contributed by atoms with Crippen LogP contribution in [0.3, 0.4) is 0 Å². The van der Waals surface area contributed by atoms with Crippen LogP contribution in [0.4, 0.5) is 0 Å². The summed E-state index contributed by atoms with van der Waals surface area (Å²) in [6.07, 6.45) is 0.296. The number of carbonyl (C=O) groups excluding carboxylic acids is 1. The predicted molar refractivity (Wildman–Crippen MR) is 84.4 cm³/mol. The van der Waals surface area contributed by atoms with E-state index in [-0.39, 0.29) is 5.78 Å². The number of fused-ring (bicyclic) bond motifs is 1. The number of rotatable bonds is 5. The average Bonchev–Trinajstić information content (AvgIpc) is 2.88. The van der Waals surface area contributed by atoms with Crippen LogP contribution in [0.15, 0.2) is 42.5 Å². The molecule has 0 bridgehead atoms. The highest BCUT2D eigenvalue weighted by Gasteiger charge is 2.50. The van der Waals surface area contributed by atoms with Gasteiger partial charge >= 0.3 is 0 Å². The first-order valence-electron chi connectivity index (χ1n) is 7.22. The van der Waals surface area contributed by atoms with Crippen LogP contribution < -0.4 is 14.2 Å². The fourth-order valence-electron chi connectivity index (χ4n) is 2.74. The van der Waals surface area contributed by atoms with Crippen LogP contribution in [0, 0.1) is 0 Å². The van der Waals surface area contributed by atoms with Gasteiger partial charge in [0.15, 0.2) is 0 Å². The van der Waals surface area contributed by atoms with Crippen molar-refractivity contribution in [1.82, 2.24) is 0 Å². The first-order chi connectivity index (χ1) is 11.1. The molecule has 1 unspecified atom stereocenters. The minimum atomic E-state index is -1.37. The Morgan fingerprint density at radius 3 is 2.35 bits per heavy atom. The van der Waals surface area contributed by atoms with Gasteiger partial charge in [-0.2, -0.15) is 0 Å². The van der Waals surface area contributed by atoms with E-state index in [1.54, 1.807) is 25.3 Å². The Balaban J connectivity index is 1.94. The van der Waals surface area contributed by atoms with E-state index in [2.05, 4.69) is 0 Å². The number of ketones is 1. The average molecular weight is 314 g/mol. The summed E-state index contributed by atoms with van der Waals surface area (Å²) in [5.74, 6) is 0.115. The van der Waals surface area contributed by atoms with Crippen LogP contribution in [0.5, 0.6) is 17.2 Å². The molecule has 23 heavy (non-hydrogen) atoms. The second-order valence-electron chi connectivity index (χ2n) is 5.25. The van der Waals surface area contributed by atoms with Crippen molar-refractivity contribution < 1.29 is 23.7 Å². The van der Waals surface area contributed by atoms with Gasteiger partial charge in [0.25, 0.3) is 5.79 Å². The Labute approximate surface area is 134 Å². The van der Waals surface area contributed by atoms with Gasteiger partial charge in [0.2, 0.25) is 5.78 Å². The summed E-state index contributed by atoms with van der Waals surface area (Å²) in [5, 5.41) is 0. The van der Waals surface area contributed by atoms with Crippen molar-refractivity contribution in [2.24, 2.45) is 0 Å². The third-order valence-corrected chi connectivity index (χ3v) is 3.98. The minimum Gasteiger partial charge on any atom is -0.497 e. The summed E-state index contributed by atoms with van der Waals surface area (Å²) in [5.41, 5.74) is 1.33. The Morgan fingerprint density at radius 1 is 1.00 bits per heavy atom. The van der Waals surface area contributed by atoms with E-state index >= 15 is 0 Å². The van der Waals surface area contributed by atoms with Crippen LogP contribution in [0.2, 0.25) is 0 Å². The summed E-state index contributed by atoms with van der Waals surface area (Å²) in [6.45, 7) is 0. The summed E-state index contributed by atoms with van der Waals surface area (Å²) in [7, 11) is 4.61. The van der Waals surface area contributed by atoms with Crippen LogP contribution in [-0.4, -0.2) is 32.9 Å². The smallest absolute Gasteiger partial charge is 0.279 e. The highest BCUT2D eigenvalue weighted by Crippen LogP contribution is 2.42. The minimum absolute atomic E-state index is 0.233. The normalized spacial score (nSPS) is 19.2. The first-order valence-corrected chi connectivity index (χ1v) is 7.22. The Kier molecular flexibility index (Phi) is 3.96. The van der Waals surface area contributed by atoms with Gasteiger partial charge in [-0.1, -0.05) is 18.2 Å². The van der Waals surface area contributed by atoms with Gasteiger partial charge in [-0.05, 0) is 29.8 Å². The lowest BCUT2D eigenvalue weighted by molar-refractivity contribution is -0.117. The number of methoxy groups -OCH3 is 3. The zero-order chi connectivity index (χ0) is 16.4. The maximum atomic E-state index is 12.9. The molecule has 5 nitrogen and oxygen atoms in total. The second kappa shape index (κ2) is 5.93. The third-order valence-electron chi connectivity index (χ3n) is 3.98. The molecule has 0 aromatic heterocycles. The van der Waals surface area contributed by atoms with Crippen LogP contribution in [0.1, 0.15) is 15.9 Å². The lowest BCUT2D eigenvalue weighted by Gasteiger charge is -2.25. The second-order valence-corrected chi connectivity index (χ2v) is 5.25. The molecular formula is C18H18O5. The molecule has 1 aliphatic rings. The van der Waals surface area contributed by atoms with Crippen LogP contribution >= 0.6 is 0 Å². The zero-order valence-electron chi connectivity index (χ0n) is 13.3. The molecule has 3 rings (SSSR count). The van der Waals surface area contributed by atoms with E-state index < -0.39 is 5.79 Å². The SMILES string of the molecule is COc1ccc(CC2(OC)Oc3cccc(OC)c3C2=O)cc1. The van der Waals surface area contributed by atoms with Crippen molar-refractivity contribution in [2.75, 3.05) is 21.3 Å². The fraction of sp³-hybridized carbons (Fsp3) is 0.278. The van der Waals surface area contributed by atoms with E-state index in [9.17, 15) is 4.79 Å².